The van der Waals surface area contributed by atoms with Crippen LogP contribution >= 0.6 is 0 Å². The minimum Gasteiger partial charge on any atom is -0.458 e. The molecule has 0 fully saturated rings. The molecule has 0 aliphatic carbocycles. The molecule has 2 aromatic heterocycles. The van der Waals surface area contributed by atoms with Crippen molar-refractivity contribution < 1.29 is 61.9 Å². The number of carbonyl (C=O) groups excluding carboxylic acids is 8. The lowest BCUT2D eigenvalue weighted by atomic mass is 9.86. The molecular formula is C53H67N9O14S. The van der Waals surface area contributed by atoms with Gasteiger partial charge >= 0.3 is 24.2 Å². The lowest BCUT2D eigenvalue weighted by Crippen LogP contribution is -2.55. The van der Waals surface area contributed by atoms with Crippen LogP contribution in [0.5, 0.6) is 5.75 Å². The summed E-state index contributed by atoms with van der Waals surface area (Å²) in [5.74, 6) is -4.36. The number of pyridine rings is 2. The summed E-state index contributed by atoms with van der Waals surface area (Å²) in [6, 6.07) is 10.1. The average Bonchev–Trinajstić information content (AvgIpc) is 3.80. The number of urea groups is 1. The van der Waals surface area contributed by atoms with Gasteiger partial charge in [-0.25, -0.2) is 24.2 Å². The molecule has 1 unspecified atom stereocenters. The molecular weight excluding hydrogens is 1020 g/mol. The van der Waals surface area contributed by atoms with E-state index in [1.807, 2.05) is 6.92 Å². The minimum absolute atomic E-state index is 0.0236. The van der Waals surface area contributed by atoms with E-state index in [4.69, 9.17) is 24.9 Å². The molecule has 4 atom stereocenters. The molecule has 23 nitrogen and oxygen atoms in total. The summed E-state index contributed by atoms with van der Waals surface area (Å²) in [7, 11) is 1.25. The number of hydrogen-bond acceptors (Lipinski definition) is 15. The van der Waals surface area contributed by atoms with Crippen molar-refractivity contribution >= 4 is 75.1 Å². The second kappa shape index (κ2) is 25.4. The maximum Gasteiger partial charge on any atom is 0.415 e. The predicted octanol–water partition coefficient (Wildman–Crippen LogP) is 3.33. The number of aromatic nitrogens is 2. The third-order valence-electron chi connectivity index (χ3n) is 13.4. The molecule has 77 heavy (non-hydrogen) atoms. The number of cyclic esters (lactones) is 1. The van der Waals surface area contributed by atoms with Crippen LogP contribution in [-0.4, -0.2) is 134 Å². The second-order valence-corrected chi connectivity index (χ2v) is 21.1. The van der Waals surface area contributed by atoms with Crippen molar-refractivity contribution in [1.29, 1.82) is 0 Å². The zero-order valence-electron chi connectivity index (χ0n) is 44.4. The van der Waals surface area contributed by atoms with Gasteiger partial charge in [-0.2, -0.15) is 0 Å². The lowest BCUT2D eigenvalue weighted by Gasteiger charge is -2.31. The number of rotatable bonds is 23. The number of aryl methyl sites for hydroxylation is 1. The number of fused-ring (bicyclic) bond motifs is 5. The number of ketones is 1. The van der Waals surface area contributed by atoms with Crippen molar-refractivity contribution in [3.05, 3.63) is 86.7 Å². The number of benzene rings is 2. The first kappa shape index (κ1) is 58.5. The molecule has 414 valence electrons. The molecule has 0 radical (unpaired) electrons. The summed E-state index contributed by atoms with van der Waals surface area (Å²) in [4.78, 5) is 123. The molecule has 0 bridgehead atoms. The molecule has 6 rings (SSSR count). The SMILES string of the molecule is CCc1c2c(nc3ccc(OC(=O)N(C)CCN(C)C(=O)OCc4ccc(NC(=O)[C@H](CCCNC(N)=O)NC(=O)[C@@H](NC(=O)CS(=O)CC(=O)C(C)C)C(C)C)cc4)cc13)-c1cc3c(c(=O)n1C2)COC(=O)[C@]3(O)CC. The molecule has 24 heteroatoms. The Balaban J connectivity index is 1.00. The topological polar surface area (TPSA) is 317 Å². The molecule has 2 aromatic carbocycles. The molecule has 4 aromatic rings. The van der Waals surface area contributed by atoms with Crippen LogP contribution in [0, 0.1) is 11.8 Å². The monoisotopic (exact) mass is 1090 g/mol. The van der Waals surface area contributed by atoms with Crippen LogP contribution in [-0.2, 0) is 76.0 Å². The van der Waals surface area contributed by atoms with Crippen molar-refractivity contribution in [3.63, 3.8) is 0 Å². The van der Waals surface area contributed by atoms with E-state index < -0.39 is 82.1 Å². The van der Waals surface area contributed by atoms with Crippen molar-refractivity contribution in [3.8, 4) is 17.1 Å². The number of Topliss-reactive ketones (excluding diaryl/α,β-unsaturated/α-hetero) is 1. The zero-order chi connectivity index (χ0) is 56.5. The number of nitrogens with one attached hydrogen (secondary N) is 4. The van der Waals surface area contributed by atoms with Gasteiger partial charge in [0.1, 0.15) is 42.6 Å². The van der Waals surface area contributed by atoms with Crippen LogP contribution in [0.1, 0.15) is 88.6 Å². The van der Waals surface area contributed by atoms with Gasteiger partial charge in [-0.1, -0.05) is 53.7 Å². The number of nitrogens with zero attached hydrogens (tertiary/aromatic N) is 4. The fourth-order valence-corrected chi connectivity index (χ4v) is 9.89. The largest absolute Gasteiger partial charge is 0.458 e. The van der Waals surface area contributed by atoms with E-state index in [2.05, 4.69) is 21.3 Å². The van der Waals surface area contributed by atoms with Crippen LogP contribution in [0.2, 0.25) is 0 Å². The Kier molecular flexibility index (Phi) is 19.3. The van der Waals surface area contributed by atoms with Gasteiger partial charge in [0.15, 0.2) is 5.60 Å². The summed E-state index contributed by atoms with van der Waals surface area (Å²) >= 11 is 0. The Morgan fingerprint density at radius 3 is 2.23 bits per heavy atom. The predicted molar refractivity (Wildman–Crippen MR) is 284 cm³/mol. The average molecular weight is 1090 g/mol. The van der Waals surface area contributed by atoms with E-state index >= 15 is 0 Å². The summed E-state index contributed by atoms with van der Waals surface area (Å²) in [5, 5.41) is 22.4. The van der Waals surface area contributed by atoms with E-state index in [1.165, 1.54) is 23.9 Å². The number of carbonyl (C=O) groups is 8. The third-order valence-corrected chi connectivity index (χ3v) is 14.6. The van der Waals surface area contributed by atoms with Gasteiger partial charge in [-0.15, -0.1) is 0 Å². The molecule has 0 saturated carbocycles. The Bertz CT molecular complexity index is 3030. The number of amides is 7. The standard InChI is InChI=1S/C53H67N9O14S/c1-9-34-35-22-33(17-18-39(35)57-45-36(34)24-62-41(45)23-38-37(48(62)67)26-74-49(68)53(38,72)10-2)76-52(71)61(8)21-20-60(7)51(70)75-25-31-13-15-32(16-14-31)56-46(65)40(12-11-19-55-50(54)69)58-47(66)44(30(5)6)59-43(64)28-77(73)27-42(63)29(3)4/h13-18,22-23,29-30,40,44,72H,9-12,19-21,24-28H2,1-8H3,(H,56,65)(H,58,66)(H,59,64)(H3,54,55,69)/t40-,44-,53-,77?/m0/s1. The number of anilines is 1. The first-order valence-corrected chi connectivity index (χ1v) is 26.8. The van der Waals surface area contributed by atoms with Crippen LogP contribution in [0.25, 0.3) is 22.3 Å². The van der Waals surface area contributed by atoms with Gasteiger partial charge in [0.25, 0.3) is 5.56 Å². The Labute approximate surface area is 447 Å². The minimum atomic E-state index is -1.95. The summed E-state index contributed by atoms with van der Waals surface area (Å²) in [6.45, 7) is 10.4. The number of esters is 1. The molecule has 4 heterocycles. The van der Waals surface area contributed by atoms with Crippen molar-refractivity contribution in [2.24, 2.45) is 17.6 Å². The van der Waals surface area contributed by atoms with Crippen molar-refractivity contribution in [2.45, 2.75) is 105 Å². The number of aliphatic hydroxyl groups is 1. The number of primary amides is 1. The van der Waals surface area contributed by atoms with Gasteiger partial charge in [0.05, 0.1) is 34.8 Å². The highest BCUT2D eigenvalue weighted by atomic mass is 32.2. The van der Waals surface area contributed by atoms with Gasteiger partial charge in [0.2, 0.25) is 17.7 Å². The van der Waals surface area contributed by atoms with Gasteiger partial charge in [-0.3, -0.25) is 28.2 Å². The Hall–Kier alpha value is -7.73. The summed E-state index contributed by atoms with van der Waals surface area (Å²) < 4.78 is 30.5. The zero-order valence-corrected chi connectivity index (χ0v) is 45.3. The van der Waals surface area contributed by atoms with E-state index in [9.17, 15) is 52.5 Å². The van der Waals surface area contributed by atoms with E-state index in [0.29, 0.717) is 34.6 Å². The maximum absolute atomic E-state index is 13.7. The van der Waals surface area contributed by atoms with Gasteiger partial charge < -0.3 is 60.7 Å². The van der Waals surface area contributed by atoms with E-state index in [-0.39, 0.29) is 98.5 Å². The normalized spacial score (nSPS) is 15.5. The van der Waals surface area contributed by atoms with Gasteiger partial charge in [-0.05, 0) is 79.1 Å². The van der Waals surface area contributed by atoms with Crippen LogP contribution in [0.15, 0.2) is 53.3 Å². The molecule has 2 aliphatic rings. The number of likely N-dealkylation sites (N-methyl/N-ethyl adjacent to an activating group) is 2. The molecule has 7 amide bonds. The highest BCUT2D eigenvalue weighted by Gasteiger charge is 2.45. The molecule has 7 N–H and O–H groups in total. The van der Waals surface area contributed by atoms with Crippen LogP contribution in [0.4, 0.5) is 20.1 Å². The number of hydrogen-bond donors (Lipinski definition) is 6. The fraction of sp³-hybridized carbons (Fsp3) is 0.472. The van der Waals surface area contributed by atoms with E-state index in [1.54, 1.807) is 87.7 Å². The van der Waals surface area contributed by atoms with E-state index in [0.717, 1.165) is 16.5 Å². The first-order valence-electron chi connectivity index (χ1n) is 25.3. The maximum atomic E-state index is 13.7. The second-order valence-electron chi connectivity index (χ2n) is 19.6. The van der Waals surface area contributed by atoms with Crippen LogP contribution < -0.4 is 37.3 Å². The lowest BCUT2D eigenvalue weighted by molar-refractivity contribution is -0.172. The number of nitrogens with two attached hydrogens (primary N) is 1. The Morgan fingerprint density at radius 1 is 0.909 bits per heavy atom. The van der Waals surface area contributed by atoms with Crippen LogP contribution in [0.3, 0.4) is 0 Å². The first-order chi connectivity index (χ1) is 36.4. The quantitative estimate of drug-likeness (QED) is 0.0404. The highest BCUT2D eigenvalue weighted by Crippen LogP contribution is 2.41. The van der Waals surface area contributed by atoms with Crippen molar-refractivity contribution in [2.75, 3.05) is 50.6 Å². The molecule has 2 aliphatic heterocycles. The molecule has 0 saturated heterocycles. The van der Waals surface area contributed by atoms with Gasteiger partial charge in [0, 0.05) is 72.6 Å². The Morgan fingerprint density at radius 2 is 1.60 bits per heavy atom. The molecule has 0 spiro atoms. The van der Waals surface area contributed by atoms with Crippen molar-refractivity contribution in [1.82, 2.24) is 35.3 Å². The fourth-order valence-electron chi connectivity index (χ4n) is 8.76. The summed E-state index contributed by atoms with van der Waals surface area (Å²) in [5.41, 5.74) is 7.57. The smallest absolute Gasteiger partial charge is 0.415 e. The summed E-state index contributed by atoms with van der Waals surface area (Å²) in [6.07, 6.45) is -0.460. The number of ether oxygens (including phenoxy) is 3. The third kappa shape index (κ3) is 14.0. The highest BCUT2D eigenvalue weighted by molar-refractivity contribution is 7.86.